The fraction of sp³-hybridized carbons (Fsp3) is 0.933. The molecule has 1 aliphatic rings. The highest BCUT2D eigenvalue weighted by Crippen LogP contribution is 2.22. The number of rotatable bonds is 5. The molecule has 4 heteroatoms. The van der Waals surface area contributed by atoms with E-state index in [2.05, 4.69) is 50.3 Å². The molecule has 1 heterocycles. The molecule has 1 rings (SSSR count). The van der Waals surface area contributed by atoms with Crippen LogP contribution in [0.4, 0.5) is 0 Å². The second kappa shape index (κ2) is 7.25. The predicted molar refractivity (Wildman–Crippen MR) is 80.1 cm³/mol. The fourth-order valence-electron chi connectivity index (χ4n) is 2.93. The molecule has 1 saturated heterocycles. The molecular weight excluding hydrogens is 238 g/mol. The number of piperidine rings is 1. The summed E-state index contributed by atoms with van der Waals surface area (Å²) in [4.78, 5) is 14.4. The maximum Gasteiger partial charge on any atom is 0.236 e. The average Bonchev–Trinajstić information content (AvgIpc) is 2.33. The third kappa shape index (κ3) is 4.77. The highest BCUT2D eigenvalue weighted by atomic mass is 16.2. The SMILES string of the molecule is CNC(=O)C(CC(C)C)NC1CC(C)N(C)CC1C. The molecule has 4 atom stereocenters. The van der Waals surface area contributed by atoms with Crippen LogP contribution in [-0.2, 0) is 4.79 Å². The van der Waals surface area contributed by atoms with Crippen LogP contribution in [0.3, 0.4) is 0 Å². The normalized spacial score (nSPS) is 30.4. The molecule has 19 heavy (non-hydrogen) atoms. The van der Waals surface area contributed by atoms with Gasteiger partial charge in [0.25, 0.3) is 0 Å². The minimum atomic E-state index is -0.0620. The topological polar surface area (TPSA) is 44.4 Å². The summed E-state index contributed by atoms with van der Waals surface area (Å²) in [6.07, 6.45) is 2.01. The van der Waals surface area contributed by atoms with Crippen LogP contribution in [0.5, 0.6) is 0 Å². The number of nitrogens with zero attached hydrogens (tertiary/aromatic N) is 1. The second-order valence-electron chi connectivity index (χ2n) is 6.57. The van der Waals surface area contributed by atoms with Gasteiger partial charge in [0.2, 0.25) is 5.91 Å². The number of carbonyl (C=O) groups excluding carboxylic acids is 1. The van der Waals surface area contributed by atoms with Crippen molar-refractivity contribution in [1.82, 2.24) is 15.5 Å². The van der Waals surface area contributed by atoms with E-state index in [9.17, 15) is 4.79 Å². The van der Waals surface area contributed by atoms with Crippen molar-refractivity contribution >= 4 is 5.91 Å². The molecule has 0 bridgehead atoms. The quantitative estimate of drug-likeness (QED) is 0.794. The summed E-state index contributed by atoms with van der Waals surface area (Å²) < 4.78 is 0. The summed E-state index contributed by atoms with van der Waals surface area (Å²) in [6.45, 7) is 9.96. The lowest BCUT2D eigenvalue weighted by Crippen LogP contribution is -2.56. The van der Waals surface area contributed by atoms with Crippen LogP contribution in [0, 0.1) is 11.8 Å². The van der Waals surface area contributed by atoms with Gasteiger partial charge in [-0.05, 0) is 38.6 Å². The first-order chi connectivity index (χ1) is 8.85. The Kier molecular flexibility index (Phi) is 6.27. The van der Waals surface area contributed by atoms with Crippen LogP contribution in [0.1, 0.15) is 40.5 Å². The highest BCUT2D eigenvalue weighted by molar-refractivity contribution is 5.81. The summed E-state index contributed by atoms with van der Waals surface area (Å²) in [5, 5.41) is 6.38. The number of likely N-dealkylation sites (tertiary alicyclic amines) is 1. The van der Waals surface area contributed by atoms with Crippen molar-refractivity contribution in [3.63, 3.8) is 0 Å². The number of hydrogen-bond donors (Lipinski definition) is 2. The zero-order chi connectivity index (χ0) is 14.6. The van der Waals surface area contributed by atoms with E-state index < -0.39 is 0 Å². The maximum atomic E-state index is 12.0. The lowest BCUT2D eigenvalue weighted by molar-refractivity contribution is -0.123. The molecule has 112 valence electrons. The first-order valence-corrected chi connectivity index (χ1v) is 7.53. The van der Waals surface area contributed by atoms with E-state index in [1.165, 1.54) is 0 Å². The van der Waals surface area contributed by atoms with E-state index in [1.807, 2.05) is 0 Å². The van der Waals surface area contributed by atoms with Crippen LogP contribution < -0.4 is 10.6 Å². The van der Waals surface area contributed by atoms with Crippen LogP contribution in [0.25, 0.3) is 0 Å². The van der Waals surface area contributed by atoms with Crippen LogP contribution in [0.15, 0.2) is 0 Å². The van der Waals surface area contributed by atoms with Crippen LogP contribution in [0.2, 0.25) is 0 Å². The molecule has 2 N–H and O–H groups in total. The first kappa shape index (κ1) is 16.4. The third-order valence-corrected chi connectivity index (χ3v) is 4.30. The Morgan fingerprint density at radius 2 is 2.00 bits per heavy atom. The molecule has 0 aromatic rings. The second-order valence-corrected chi connectivity index (χ2v) is 6.57. The summed E-state index contributed by atoms with van der Waals surface area (Å²) in [6, 6.07) is 0.957. The van der Waals surface area contributed by atoms with E-state index in [-0.39, 0.29) is 11.9 Å². The van der Waals surface area contributed by atoms with E-state index in [1.54, 1.807) is 7.05 Å². The molecule has 0 aliphatic carbocycles. The molecule has 0 saturated carbocycles. The number of amides is 1. The first-order valence-electron chi connectivity index (χ1n) is 7.53. The monoisotopic (exact) mass is 269 g/mol. The summed E-state index contributed by atoms with van der Waals surface area (Å²) >= 11 is 0. The van der Waals surface area contributed by atoms with Crippen molar-refractivity contribution in [2.24, 2.45) is 11.8 Å². The Labute approximate surface area is 118 Å². The van der Waals surface area contributed by atoms with Gasteiger partial charge in [-0.1, -0.05) is 20.8 Å². The highest BCUT2D eigenvalue weighted by Gasteiger charge is 2.31. The van der Waals surface area contributed by atoms with E-state index in [0.29, 0.717) is 23.9 Å². The molecule has 1 amide bonds. The lowest BCUT2D eigenvalue weighted by atomic mass is 9.88. The van der Waals surface area contributed by atoms with Gasteiger partial charge in [0, 0.05) is 25.7 Å². The predicted octanol–water partition coefficient (Wildman–Crippen LogP) is 1.47. The third-order valence-electron chi connectivity index (χ3n) is 4.30. The molecule has 0 spiro atoms. The van der Waals surface area contributed by atoms with Crippen molar-refractivity contribution in [2.75, 3.05) is 20.6 Å². The molecule has 0 aromatic heterocycles. The Morgan fingerprint density at radius 1 is 1.37 bits per heavy atom. The van der Waals surface area contributed by atoms with Gasteiger partial charge >= 0.3 is 0 Å². The molecule has 4 unspecified atom stereocenters. The number of hydrogen-bond acceptors (Lipinski definition) is 3. The number of likely N-dealkylation sites (N-methyl/N-ethyl adjacent to an activating group) is 1. The fourth-order valence-corrected chi connectivity index (χ4v) is 2.93. The molecule has 4 nitrogen and oxygen atoms in total. The molecule has 0 radical (unpaired) electrons. The molecule has 1 fully saturated rings. The van der Waals surface area contributed by atoms with E-state index in [0.717, 1.165) is 19.4 Å². The summed E-state index contributed by atoms with van der Waals surface area (Å²) in [7, 11) is 3.90. The van der Waals surface area contributed by atoms with Gasteiger partial charge in [0.05, 0.1) is 6.04 Å². The number of carbonyl (C=O) groups is 1. The van der Waals surface area contributed by atoms with Crippen molar-refractivity contribution in [3.8, 4) is 0 Å². The van der Waals surface area contributed by atoms with Gasteiger partial charge in [-0.15, -0.1) is 0 Å². The number of nitrogens with one attached hydrogen (secondary N) is 2. The maximum absolute atomic E-state index is 12.0. The standard InChI is InChI=1S/C15H31N3O/c1-10(2)7-14(15(19)16-5)17-13-8-12(4)18(6)9-11(13)3/h10-14,17H,7-9H2,1-6H3,(H,16,19). The van der Waals surface area contributed by atoms with Crippen molar-refractivity contribution in [1.29, 1.82) is 0 Å². The Hall–Kier alpha value is -0.610. The van der Waals surface area contributed by atoms with Gasteiger partial charge in [-0.2, -0.15) is 0 Å². The van der Waals surface area contributed by atoms with Gasteiger partial charge in [0.15, 0.2) is 0 Å². The molecular formula is C15H31N3O. The van der Waals surface area contributed by atoms with Gasteiger partial charge < -0.3 is 15.5 Å². The smallest absolute Gasteiger partial charge is 0.236 e. The zero-order valence-electron chi connectivity index (χ0n) is 13.4. The van der Waals surface area contributed by atoms with Crippen molar-refractivity contribution in [2.45, 2.75) is 58.7 Å². The summed E-state index contributed by atoms with van der Waals surface area (Å²) in [5.41, 5.74) is 0. The average molecular weight is 269 g/mol. The van der Waals surface area contributed by atoms with Crippen molar-refractivity contribution < 1.29 is 4.79 Å². The Bertz CT molecular complexity index is 293. The van der Waals surface area contributed by atoms with Crippen LogP contribution >= 0.6 is 0 Å². The minimum absolute atomic E-state index is 0.0620. The zero-order valence-corrected chi connectivity index (χ0v) is 13.4. The van der Waals surface area contributed by atoms with Gasteiger partial charge in [-0.25, -0.2) is 0 Å². The summed E-state index contributed by atoms with van der Waals surface area (Å²) in [5.74, 6) is 1.22. The minimum Gasteiger partial charge on any atom is -0.358 e. The van der Waals surface area contributed by atoms with Gasteiger partial charge in [-0.3, -0.25) is 4.79 Å². The van der Waals surface area contributed by atoms with E-state index >= 15 is 0 Å². The lowest BCUT2D eigenvalue weighted by Gasteiger charge is -2.41. The largest absolute Gasteiger partial charge is 0.358 e. The van der Waals surface area contributed by atoms with Gasteiger partial charge in [0.1, 0.15) is 0 Å². The molecule has 1 aliphatic heterocycles. The van der Waals surface area contributed by atoms with Crippen molar-refractivity contribution in [3.05, 3.63) is 0 Å². The Morgan fingerprint density at radius 3 is 2.53 bits per heavy atom. The molecule has 0 aromatic carbocycles. The van der Waals surface area contributed by atoms with Crippen LogP contribution in [-0.4, -0.2) is 49.6 Å². The van der Waals surface area contributed by atoms with E-state index in [4.69, 9.17) is 0 Å². The Balaban J connectivity index is 2.64.